The molecule has 0 bridgehead atoms. The summed E-state index contributed by atoms with van der Waals surface area (Å²) in [4.78, 5) is 1.45. The zero-order valence-corrected chi connectivity index (χ0v) is 12.5. The molecule has 1 heterocycles. The summed E-state index contributed by atoms with van der Waals surface area (Å²) in [7, 11) is 0. The van der Waals surface area contributed by atoms with Crippen LogP contribution in [0.3, 0.4) is 0 Å². The van der Waals surface area contributed by atoms with Crippen molar-refractivity contribution in [1.29, 1.82) is 0 Å². The Morgan fingerprint density at radius 3 is 2.71 bits per heavy atom. The van der Waals surface area contributed by atoms with Gasteiger partial charge in [-0.3, -0.25) is 5.32 Å². The van der Waals surface area contributed by atoms with E-state index >= 15 is 0 Å². The lowest BCUT2D eigenvalue weighted by Crippen LogP contribution is -2.45. The van der Waals surface area contributed by atoms with Gasteiger partial charge in [-0.1, -0.05) is 38.0 Å². The second kappa shape index (κ2) is 6.12. The van der Waals surface area contributed by atoms with Gasteiger partial charge < -0.3 is 0 Å². The first-order valence-electron chi connectivity index (χ1n) is 6.17. The van der Waals surface area contributed by atoms with E-state index in [1.807, 2.05) is 11.8 Å². The Hall–Kier alpha value is -0.180. The largest absolute Gasteiger partial charge is 0.296 e. The van der Waals surface area contributed by atoms with Crippen LogP contribution >= 0.6 is 24.2 Å². The van der Waals surface area contributed by atoms with Crippen LogP contribution in [-0.2, 0) is 5.54 Å². The summed E-state index contributed by atoms with van der Waals surface area (Å²) < 4.78 is 0. The normalized spacial score (nSPS) is 21.5. The van der Waals surface area contributed by atoms with Crippen molar-refractivity contribution in [2.24, 2.45) is 0 Å². The molecule has 0 fully saturated rings. The number of nitrogens with one attached hydrogen (secondary N) is 1. The van der Waals surface area contributed by atoms with Gasteiger partial charge in [0, 0.05) is 10.4 Å². The van der Waals surface area contributed by atoms with Gasteiger partial charge in [-0.15, -0.1) is 24.2 Å². The Morgan fingerprint density at radius 1 is 1.29 bits per heavy atom. The zero-order valence-electron chi connectivity index (χ0n) is 10.8. The third-order valence-corrected chi connectivity index (χ3v) is 4.42. The third kappa shape index (κ3) is 3.40. The smallest absolute Gasteiger partial charge is 0.0586 e. The van der Waals surface area contributed by atoms with Gasteiger partial charge in [0.25, 0.3) is 0 Å². The molecule has 1 aliphatic rings. The lowest BCUT2D eigenvalue weighted by molar-refractivity contribution is 0.365. The average Bonchev–Trinajstić information content (AvgIpc) is 2.25. The maximum atomic E-state index is 3.75. The van der Waals surface area contributed by atoms with Crippen LogP contribution in [0.1, 0.15) is 45.6 Å². The number of thioether (sulfide) groups is 1. The van der Waals surface area contributed by atoms with E-state index < -0.39 is 0 Å². The fraction of sp³-hybridized carbons (Fsp3) is 0.571. The molecule has 1 aromatic carbocycles. The minimum Gasteiger partial charge on any atom is -0.296 e. The Labute approximate surface area is 115 Å². The molecule has 96 valence electrons. The predicted molar refractivity (Wildman–Crippen MR) is 79.0 cm³/mol. The van der Waals surface area contributed by atoms with Crippen LogP contribution in [0.2, 0.25) is 0 Å². The predicted octanol–water partition coefficient (Wildman–Crippen LogP) is 4.56. The summed E-state index contributed by atoms with van der Waals surface area (Å²) in [5.74, 6) is 0. The van der Waals surface area contributed by atoms with Crippen LogP contribution < -0.4 is 5.32 Å². The molecule has 1 atom stereocenters. The maximum absolute atomic E-state index is 3.75. The molecule has 1 nitrogen and oxygen atoms in total. The van der Waals surface area contributed by atoms with Crippen LogP contribution in [0.25, 0.3) is 0 Å². The lowest BCUT2D eigenvalue weighted by atomic mass is 9.93. The quantitative estimate of drug-likeness (QED) is 0.865. The van der Waals surface area contributed by atoms with Gasteiger partial charge in [0.1, 0.15) is 0 Å². The minimum absolute atomic E-state index is 0. The number of hydrogen-bond donors (Lipinski definition) is 1. The minimum atomic E-state index is 0. The van der Waals surface area contributed by atoms with Crippen molar-refractivity contribution in [2.75, 3.05) is 0 Å². The molecule has 0 radical (unpaired) electrons. The van der Waals surface area contributed by atoms with E-state index in [0.29, 0.717) is 5.37 Å². The summed E-state index contributed by atoms with van der Waals surface area (Å²) >= 11 is 1.99. The van der Waals surface area contributed by atoms with E-state index in [4.69, 9.17) is 0 Å². The van der Waals surface area contributed by atoms with E-state index in [2.05, 4.69) is 50.4 Å². The fourth-order valence-electron chi connectivity index (χ4n) is 2.27. The third-order valence-electron chi connectivity index (χ3n) is 3.17. The molecule has 0 amide bonds. The first-order chi connectivity index (χ1) is 7.63. The van der Waals surface area contributed by atoms with Gasteiger partial charge in [0.2, 0.25) is 0 Å². The molecule has 0 aliphatic carbocycles. The second-order valence-electron chi connectivity index (χ2n) is 5.01. The van der Waals surface area contributed by atoms with Crippen LogP contribution in [0.4, 0.5) is 0 Å². The highest BCUT2D eigenvalue weighted by Crippen LogP contribution is 2.39. The number of fused-ring (bicyclic) bond motifs is 1. The molecular formula is C14H22ClNS. The maximum Gasteiger partial charge on any atom is 0.0586 e. The highest BCUT2D eigenvalue weighted by Gasteiger charge is 2.31. The number of halogens is 1. The second-order valence-corrected chi connectivity index (χ2v) is 6.26. The van der Waals surface area contributed by atoms with Gasteiger partial charge in [0.05, 0.1) is 5.37 Å². The molecule has 1 aromatic rings. The summed E-state index contributed by atoms with van der Waals surface area (Å²) in [6.45, 7) is 6.82. The number of benzene rings is 1. The first-order valence-corrected chi connectivity index (χ1v) is 7.05. The number of hydrogen-bond acceptors (Lipinski definition) is 2. The lowest BCUT2D eigenvalue weighted by Gasteiger charge is -2.38. The monoisotopic (exact) mass is 271 g/mol. The zero-order chi connectivity index (χ0) is 11.6. The molecule has 2 rings (SSSR count). The SMILES string of the molecule is CCCCC1NC(C)(C)c2ccccc2S1.Cl. The van der Waals surface area contributed by atoms with Crippen molar-refractivity contribution in [3.8, 4) is 0 Å². The molecule has 0 aromatic heterocycles. The average molecular weight is 272 g/mol. The molecule has 3 heteroatoms. The molecule has 1 aliphatic heterocycles. The summed E-state index contributed by atoms with van der Waals surface area (Å²) in [6, 6.07) is 8.77. The van der Waals surface area contributed by atoms with Gasteiger partial charge in [-0.25, -0.2) is 0 Å². The first kappa shape index (κ1) is 14.9. The van der Waals surface area contributed by atoms with Gasteiger partial charge in [-0.2, -0.15) is 0 Å². The Kier molecular flexibility index (Phi) is 5.36. The van der Waals surface area contributed by atoms with Crippen molar-refractivity contribution in [3.63, 3.8) is 0 Å². The van der Waals surface area contributed by atoms with Crippen LogP contribution in [0, 0.1) is 0 Å². The van der Waals surface area contributed by atoms with Crippen molar-refractivity contribution in [3.05, 3.63) is 29.8 Å². The fourth-order valence-corrected chi connectivity index (χ4v) is 3.82. The molecule has 17 heavy (non-hydrogen) atoms. The Bertz CT molecular complexity index is 365. The Balaban J connectivity index is 0.00000144. The van der Waals surface area contributed by atoms with Gasteiger partial charge >= 0.3 is 0 Å². The van der Waals surface area contributed by atoms with Crippen molar-refractivity contribution in [1.82, 2.24) is 5.32 Å². The molecule has 0 saturated carbocycles. The molecular weight excluding hydrogens is 250 g/mol. The summed E-state index contributed by atoms with van der Waals surface area (Å²) in [6.07, 6.45) is 3.85. The van der Waals surface area contributed by atoms with Crippen LogP contribution in [0.5, 0.6) is 0 Å². The van der Waals surface area contributed by atoms with E-state index in [1.54, 1.807) is 0 Å². The van der Waals surface area contributed by atoms with Gasteiger partial charge in [0.15, 0.2) is 0 Å². The van der Waals surface area contributed by atoms with E-state index in [-0.39, 0.29) is 17.9 Å². The summed E-state index contributed by atoms with van der Waals surface area (Å²) in [5, 5.41) is 4.32. The van der Waals surface area contributed by atoms with Crippen molar-refractivity contribution < 1.29 is 0 Å². The van der Waals surface area contributed by atoms with E-state index in [1.165, 1.54) is 29.7 Å². The topological polar surface area (TPSA) is 12.0 Å². The van der Waals surface area contributed by atoms with E-state index in [9.17, 15) is 0 Å². The highest BCUT2D eigenvalue weighted by molar-refractivity contribution is 8.00. The molecule has 0 saturated heterocycles. The Morgan fingerprint density at radius 2 is 2.00 bits per heavy atom. The standard InChI is InChI=1S/C14H21NS.ClH/c1-4-5-10-13-15-14(2,3)11-8-6-7-9-12(11)16-13;/h6-9,13,15H,4-5,10H2,1-3H3;1H. The van der Waals surface area contributed by atoms with Crippen molar-refractivity contribution in [2.45, 2.75) is 55.8 Å². The van der Waals surface area contributed by atoms with Gasteiger partial charge in [-0.05, 0) is 31.9 Å². The van der Waals surface area contributed by atoms with Crippen molar-refractivity contribution >= 4 is 24.2 Å². The number of unbranched alkanes of at least 4 members (excludes halogenated alkanes) is 1. The highest BCUT2D eigenvalue weighted by atomic mass is 35.5. The van der Waals surface area contributed by atoms with Crippen LogP contribution in [-0.4, -0.2) is 5.37 Å². The molecule has 1 unspecified atom stereocenters. The van der Waals surface area contributed by atoms with E-state index in [0.717, 1.165) is 0 Å². The molecule has 1 N–H and O–H groups in total. The summed E-state index contributed by atoms with van der Waals surface area (Å²) in [5.41, 5.74) is 1.55. The number of rotatable bonds is 3. The van der Waals surface area contributed by atoms with Crippen LogP contribution in [0.15, 0.2) is 29.2 Å². The molecule has 0 spiro atoms.